The van der Waals surface area contributed by atoms with Gasteiger partial charge in [0.25, 0.3) is 0 Å². The number of hydrogen-bond donors (Lipinski definition) is 1. The molecule has 0 spiro atoms. The van der Waals surface area contributed by atoms with E-state index in [0.717, 1.165) is 22.0 Å². The molecule has 0 bridgehead atoms. The van der Waals surface area contributed by atoms with E-state index in [1.807, 2.05) is 36.6 Å². The van der Waals surface area contributed by atoms with Crippen molar-refractivity contribution in [3.63, 3.8) is 0 Å². The Morgan fingerprint density at radius 3 is 2.65 bits per heavy atom. The molecule has 88 valence electrons. The van der Waals surface area contributed by atoms with Gasteiger partial charge in [0.1, 0.15) is 5.84 Å². The maximum atomic E-state index is 5.57. The highest BCUT2D eigenvalue weighted by molar-refractivity contribution is 7.09. The molecule has 2 N–H and O–H groups in total. The van der Waals surface area contributed by atoms with Gasteiger partial charge in [-0.3, -0.25) is 0 Å². The van der Waals surface area contributed by atoms with Crippen LogP contribution in [0.5, 0.6) is 0 Å². The second-order valence-electron chi connectivity index (χ2n) is 3.54. The van der Waals surface area contributed by atoms with Crippen molar-refractivity contribution < 1.29 is 0 Å². The van der Waals surface area contributed by atoms with E-state index in [9.17, 15) is 0 Å². The molecular formula is C12H12ClN3S. The van der Waals surface area contributed by atoms with Crippen LogP contribution in [-0.4, -0.2) is 16.7 Å². The van der Waals surface area contributed by atoms with Gasteiger partial charge in [-0.15, -0.1) is 22.9 Å². The Kier molecular flexibility index (Phi) is 3.76. The molecule has 0 amide bonds. The van der Waals surface area contributed by atoms with Crippen molar-refractivity contribution in [3.05, 3.63) is 34.7 Å². The number of alkyl halides is 1. The quantitative estimate of drug-likeness (QED) is 0.526. The lowest BCUT2D eigenvalue weighted by Crippen LogP contribution is -2.12. The van der Waals surface area contributed by atoms with Gasteiger partial charge in [-0.25, -0.2) is 9.98 Å². The van der Waals surface area contributed by atoms with E-state index in [-0.39, 0.29) is 5.88 Å². The van der Waals surface area contributed by atoms with Gasteiger partial charge < -0.3 is 5.73 Å². The molecule has 17 heavy (non-hydrogen) atoms. The topological polar surface area (TPSA) is 51.3 Å². The van der Waals surface area contributed by atoms with Crippen LogP contribution >= 0.6 is 22.9 Å². The van der Waals surface area contributed by atoms with Crippen LogP contribution in [0.25, 0.3) is 11.3 Å². The number of nitrogens with two attached hydrogens (primary N) is 1. The van der Waals surface area contributed by atoms with Crippen molar-refractivity contribution in [2.24, 2.45) is 10.7 Å². The van der Waals surface area contributed by atoms with E-state index in [4.69, 9.17) is 17.3 Å². The Morgan fingerprint density at radius 1 is 1.41 bits per heavy atom. The van der Waals surface area contributed by atoms with Gasteiger partial charge in [0.05, 0.1) is 22.3 Å². The molecule has 0 unspecified atom stereocenters. The number of amidine groups is 1. The fraction of sp³-hybridized carbons (Fsp3) is 0.167. The summed E-state index contributed by atoms with van der Waals surface area (Å²) in [5.41, 5.74) is 8.44. The summed E-state index contributed by atoms with van der Waals surface area (Å²) in [6.45, 7) is 1.99. The molecule has 2 aromatic rings. The van der Waals surface area contributed by atoms with Crippen molar-refractivity contribution in [2.75, 3.05) is 5.88 Å². The lowest BCUT2D eigenvalue weighted by molar-refractivity contribution is 1.30. The molecule has 0 aliphatic heterocycles. The fourth-order valence-corrected chi connectivity index (χ4v) is 2.08. The lowest BCUT2D eigenvalue weighted by atomic mass is 10.1. The molecule has 0 atom stereocenters. The van der Waals surface area contributed by atoms with Crippen molar-refractivity contribution in [1.29, 1.82) is 0 Å². The predicted octanol–water partition coefficient (Wildman–Crippen LogP) is 3.35. The zero-order valence-corrected chi connectivity index (χ0v) is 10.9. The molecule has 1 aromatic heterocycles. The van der Waals surface area contributed by atoms with Crippen LogP contribution in [0.15, 0.2) is 34.6 Å². The SMILES string of the molecule is Cc1nc(-c2ccc(N=C(N)CCl)cc2)cs1. The molecule has 1 heterocycles. The summed E-state index contributed by atoms with van der Waals surface area (Å²) in [6.07, 6.45) is 0. The second kappa shape index (κ2) is 5.29. The normalized spacial score (nSPS) is 11.8. The van der Waals surface area contributed by atoms with E-state index in [1.54, 1.807) is 11.3 Å². The summed E-state index contributed by atoms with van der Waals surface area (Å²) >= 11 is 7.21. The largest absolute Gasteiger partial charge is 0.386 e. The summed E-state index contributed by atoms with van der Waals surface area (Å²) in [6, 6.07) is 7.77. The minimum atomic E-state index is 0.243. The summed E-state index contributed by atoms with van der Waals surface area (Å²) in [5, 5.41) is 3.11. The third-order valence-electron chi connectivity index (χ3n) is 2.19. The fourth-order valence-electron chi connectivity index (χ4n) is 1.40. The second-order valence-corrected chi connectivity index (χ2v) is 4.86. The van der Waals surface area contributed by atoms with Crippen LogP contribution < -0.4 is 5.73 Å². The number of nitrogens with zero attached hydrogens (tertiary/aromatic N) is 2. The van der Waals surface area contributed by atoms with Gasteiger partial charge in [-0.2, -0.15) is 0 Å². The Hall–Kier alpha value is -1.39. The molecule has 0 fully saturated rings. The first-order valence-electron chi connectivity index (χ1n) is 5.10. The number of aliphatic imine (C=N–C) groups is 1. The van der Waals surface area contributed by atoms with E-state index in [2.05, 4.69) is 9.98 Å². The maximum absolute atomic E-state index is 5.57. The molecule has 0 aliphatic carbocycles. The van der Waals surface area contributed by atoms with Crippen molar-refractivity contribution >= 4 is 34.5 Å². The van der Waals surface area contributed by atoms with Gasteiger partial charge in [0.2, 0.25) is 0 Å². The Bertz CT molecular complexity index is 531. The van der Waals surface area contributed by atoms with E-state index < -0.39 is 0 Å². The highest BCUT2D eigenvalue weighted by Gasteiger charge is 2.01. The number of aromatic nitrogens is 1. The third kappa shape index (κ3) is 3.05. The van der Waals surface area contributed by atoms with Crippen molar-refractivity contribution in [2.45, 2.75) is 6.92 Å². The molecule has 0 aliphatic rings. The van der Waals surface area contributed by atoms with Crippen LogP contribution in [0.2, 0.25) is 0 Å². The summed E-state index contributed by atoms with van der Waals surface area (Å²) in [7, 11) is 0. The van der Waals surface area contributed by atoms with Crippen molar-refractivity contribution in [3.8, 4) is 11.3 Å². The minimum Gasteiger partial charge on any atom is -0.386 e. The molecule has 1 aromatic carbocycles. The van der Waals surface area contributed by atoms with Crippen LogP contribution in [0.1, 0.15) is 5.01 Å². The van der Waals surface area contributed by atoms with Crippen LogP contribution in [0, 0.1) is 6.92 Å². The standard InChI is InChI=1S/C12H12ClN3S/c1-8-15-11(7-17-8)9-2-4-10(5-3-9)16-12(14)6-13/h2-5,7H,6H2,1H3,(H2,14,16). The molecule has 0 saturated heterocycles. The highest BCUT2D eigenvalue weighted by atomic mass is 35.5. The molecule has 3 nitrogen and oxygen atoms in total. The van der Waals surface area contributed by atoms with Crippen LogP contribution in [0.4, 0.5) is 5.69 Å². The third-order valence-corrected chi connectivity index (χ3v) is 3.24. The predicted molar refractivity (Wildman–Crippen MR) is 74.3 cm³/mol. The first kappa shape index (κ1) is 12.1. The van der Waals surface area contributed by atoms with E-state index in [1.165, 1.54) is 0 Å². The summed E-state index contributed by atoms with van der Waals surface area (Å²) < 4.78 is 0. The van der Waals surface area contributed by atoms with E-state index >= 15 is 0 Å². The number of halogens is 1. The van der Waals surface area contributed by atoms with Gasteiger partial charge in [0, 0.05) is 10.9 Å². The number of aryl methyl sites for hydroxylation is 1. The molecule has 2 rings (SSSR count). The number of thiazole rings is 1. The average molecular weight is 266 g/mol. The number of hydrogen-bond acceptors (Lipinski definition) is 3. The minimum absolute atomic E-state index is 0.243. The van der Waals surface area contributed by atoms with Crippen LogP contribution in [-0.2, 0) is 0 Å². The zero-order chi connectivity index (χ0) is 12.3. The Morgan fingerprint density at radius 2 is 2.12 bits per heavy atom. The summed E-state index contributed by atoms with van der Waals surface area (Å²) in [5.74, 6) is 0.663. The van der Waals surface area contributed by atoms with Gasteiger partial charge in [-0.1, -0.05) is 12.1 Å². The highest BCUT2D eigenvalue weighted by Crippen LogP contribution is 2.23. The first-order valence-corrected chi connectivity index (χ1v) is 6.52. The van der Waals surface area contributed by atoms with Crippen LogP contribution in [0.3, 0.4) is 0 Å². The van der Waals surface area contributed by atoms with Crippen molar-refractivity contribution in [1.82, 2.24) is 4.98 Å². The Balaban J connectivity index is 2.24. The van der Waals surface area contributed by atoms with Gasteiger partial charge >= 0.3 is 0 Å². The zero-order valence-electron chi connectivity index (χ0n) is 9.35. The van der Waals surface area contributed by atoms with E-state index in [0.29, 0.717) is 5.84 Å². The molecule has 0 radical (unpaired) electrons. The van der Waals surface area contributed by atoms with Gasteiger partial charge in [-0.05, 0) is 19.1 Å². The monoisotopic (exact) mass is 265 g/mol. The summed E-state index contributed by atoms with van der Waals surface area (Å²) in [4.78, 5) is 8.59. The molecule has 0 saturated carbocycles. The lowest BCUT2D eigenvalue weighted by Gasteiger charge is -1.99. The average Bonchev–Trinajstić information content (AvgIpc) is 2.77. The Labute approximate surface area is 109 Å². The smallest absolute Gasteiger partial charge is 0.115 e. The molecule has 5 heteroatoms. The first-order chi connectivity index (χ1) is 8.19. The number of rotatable bonds is 3. The number of benzene rings is 1. The molecular weight excluding hydrogens is 254 g/mol. The van der Waals surface area contributed by atoms with Gasteiger partial charge in [0.15, 0.2) is 0 Å². The maximum Gasteiger partial charge on any atom is 0.115 e.